The van der Waals surface area contributed by atoms with Gasteiger partial charge in [-0.2, -0.15) is 0 Å². The summed E-state index contributed by atoms with van der Waals surface area (Å²) in [6, 6.07) is 7.82. The second-order valence-corrected chi connectivity index (χ2v) is 7.59. The number of imidazole rings is 1. The van der Waals surface area contributed by atoms with Crippen LogP contribution in [-0.2, 0) is 18.7 Å². The predicted molar refractivity (Wildman–Crippen MR) is 102 cm³/mol. The van der Waals surface area contributed by atoms with E-state index >= 15 is 0 Å². The molecule has 1 aliphatic heterocycles. The SMILES string of the molecule is CCCC(=O)n1c(SCc2nnc3n2CCCCC3)nc2ccccc21. The van der Waals surface area contributed by atoms with Gasteiger partial charge in [-0.1, -0.05) is 37.2 Å². The lowest BCUT2D eigenvalue weighted by Crippen LogP contribution is -2.11. The fraction of sp³-hybridized carbons (Fsp3) is 0.474. The summed E-state index contributed by atoms with van der Waals surface area (Å²) in [4.78, 5) is 17.4. The van der Waals surface area contributed by atoms with Crippen molar-refractivity contribution in [1.29, 1.82) is 0 Å². The molecule has 7 heteroatoms. The molecule has 0 bridgehead atoms. The number of carbonyl (C=O) groups is 1. The number of benzene rings is 1. The smallest absolute Gasteiger partial charge is 0.233 e. The largest absolute Gasteiger partial charge is 0.314 e. The van der Waals surface area contributed by atoms with Crippen LogP contribution >= 0.6 is 11.8 Å². The van der Waals surface area contributed by atoms with Crippen molar-refractivity contribution in [1.82, 2.24) is 24.3 Å². The van der Waals surface area contributed by atoms with Gasteiger partial charge in [0.15, 0.2) is 5.16 Å². The molecule has 26 heavy (non-hydrogen) atoms. The van der Waals surface area contributed by atoms with Crippen LogP contribution in [-0.4, -0.2) is 30.2 Å². The molecular formula is C19H23N5OS. The number of aryl methyl sites for hydroxylation is 1. The van der Waals surface area contributed by atoms with Gasteiger partial charge in [0.2, 0.25) is 5.91 Å². The van der Waals surface area contributed by atoms with E-state index in [2.05, 4.69) is 14.8 Å². The summed E-state index contributed by atoms with van der Waals surface area (Å²) in [6.07, 6.45) is 5.96. The van der Waals surface area contributed by atoms with Gasteiger partial charge in [-0.15, -0.1) is 10.2 Å². The number of para-hydroxylation sites is 2. The molecule has 1 aromatic carbocycles. The number of fused-ring (bicyclic) bond motifs is 2. The van der Waals surface area contributed by atoms with Gasteiger partial charge in [0.05, 0.1) is 16.8 Å². The highest BCUT2D eigenvalue weighted by atomic mass is 32.2. The summed E-state index contributed by atoms with van der Waals surface area (Å²) >= 11 is 1.57. The fourth-order valence-corrected chi connectivity index (χ4v) is 4.41. The Hall–Kier alpha value is -2.15. The number of thioether (sulfide) groups is 1. The molecule has 2 aromatic heterocycles. The molecule has 0 radical (unpaired) electrons. The Kier molecular flexibility index (Phi) is 5.06. The molecular weight excluding hydrogens is 346 g/mol. The molecule has 0 aliphatic carbocycles. The van der Waals surface area contributed by atoms with Crippen molar-refractivity contribution in [2.24, 2.45) is 0 Å². The normalized spacial score (nSPS) is 14.3. The van der Waals surface area contributed by atoms with Gasteiger partial charge in [-0.3, -0.25) is 9.36 Å². The summed E-state index contributed by atoms with van der Waals surface area (Å²) in [5, 5.41) is 9.50. The Morgan fingerprint density at radius 3 is 2.96 bits per heavy atom. The third-order valence-electron chi connectivity index (χ3n) is 4.76. The highest BCUT2D eigenvalue weighted by molar-refractivity contribution is 7.98. The van der Waals surface area contributed by atoms with Gasteiger partial charge in [0.25, 0.3) is 0 Å². The molecule has 0 amide bonds. The van der Waals surface area contributed by atoms with Crippen molar-refractivity contribution < 1.29 is 4.79 Å². The van der Waals surface area contributed by atoms with Crippen LogP contribution in [0.2, 0.25) is 0 Å². The maximum Gasteiger partial charge on any atom is 0.233 e. The lowest BCUT2D eigenvalue weighted by Gasteiger charge is -2.08. The molecule has 0 saturated heterocycles. The topological polar surface area (TPSA) is 65.6 Å². The van der Waals surface area contributed by atoms with Crippen molar-refractivity contribution in [3.63, 3.8) is 0 Å². The van der Waals surface area contributed by atoms with Crippen molar-refractivity contribution in [2.75, 3.05) is 0 Å². The zero-order chi connectivity index (χ0) is 17.9. The third kappa shape index (κ3) is 3.28. The minimum atomic E-state index is 0.101. The van der Waals surface area contributed by atoms with Crippen molar-refractivity contribution in [3.05, 3.63) is 35.9 Å². The van der Waals surface area contributed by atoms with E-state index in [1.165, 1.54) is 19.3 Å². The van der Waals surface area contributed by atoms with Crippen molar-refractivity contribution in [3.8, 4) is 0 Å². The average molecular weight is 369 g/mol. The van der Waals surface area contributed by atoms with Gasteiger partial charge < -0.3 is 4.57 Å². The first kappa shape index (κ1) is 17.3. The highest BCUT2D eigenvalue weighted by Gasteiger charge is 2.19. The molecule has 136 valence electrons. The summed E-state index contributed by atoms with van der Waals surface area (Å²) < 4.78 is 4.02. The van der Waals surface area contributed by atoms with Crippen molar-refractivity contribution in [2.45, 2.75) is 62.9 Å². The zero-order valence-electron chi connectivity index (χ0n) is 15.0. The number of hydrogen-bond donors (Lipinski definition) is 0. The minimum absolute atomic E-state index is 0.101. The molecule has 0 N–H and O–H groups in total. The quantitative estimate of drug-likeness (QED) is 0.634. The molecule has 0 fully saturated rings. The van der Waals surface area contributed by atoms with Crippen LogP contribution in [0.15, 0.2) is 29.4 Å². The molecule has 0 spiro atoms. The van der Waals surface area contributed by atoms with E-state index in [9.17, 15) is 4.79 Å². The summed E-state index contributed by atoms with van der Waals surface area (Å²) in [6.45, 7) is 3.01. The highest BCUT2D eigenvalue weighted by Crippen LogP contribution is 2.27. The molecule has 4 rings (SSSR count). The fourth-order valence-electron chi connectivity index (χ4n) is 3.45. The third-order valence-corrected chi connectivity index (χ3v) is 5.69. The number of aromatic nitrogens is 5. The molecule has 0 atom stereocenters. The van der Waals surface area contributed by atoms with Crippen LogP contribution in [0.3, 0.4) is 0 Å². The Morgan fingerprint density at radius 1 is 1.19 bits per heavy atom. The summed E-state index contributed by atoms with van der Waals surface area (Å²) in [7, 11) is 0. The Morgan fingerprint density at radius 2 is 2.08 bits per heavy atom. The van der Waals surface area contributed by atoms with Crippen LogP contribution in [0.5, 0.6) is 0 Å². The Bertz CT molecular complexity index is 929. The molecule has 3 heterocycles. The second kappa shape index (κ2) is 7.61. The van der Waals surface area contributed by atoms with Gasteiger partial charge in [-0.05, 0) is 31.4 Å². The van der Waals surface area contributed by atoms with E-state index in [1.807, 2.05) is 31.2 Å². The molecule has 3 aromatic rings. The minimum Gasteiger partial charge on any atom is -0.314 e. The predicted octanol–water partition coefficient (Wildman–Crippen LogP) is 4.09. The van der Waals surface area contributed by atoms with E-state index in [0.29, 0.717) is 12.2 Å². The van der Waals surface area contributed by atoms with Gasteiger partial charge in [-0.25, -0.2) is 4.98 Å². The maximum atomic E-state index is 12.7. The maximum absolute atomic E-state index is 12.7. The Balaban J connectivity index is 1.62. The van der Waals surface area contributed by atoms with E-state index < -0.39 is 0 Å². The van der Waals surface area contributed by atoms with Crippen LogP contribution in [0, 0.1) is 0 Å². The summed E-state index contributed by atoms with van der Waals surface area (Å²) in [5.74, 6) is 2.85. The molecule has 0 saturated carbocycles. The molecule has 1 aliphatic rings. The van der Waals surface area contributed by atoms with Gasteiger partial charge in [0, 0.05) is 19.4 Å². The zero-order valence-corrected chi connectivity index (χ0v) is 15.8. The molecule has 0 unspecified atom stereocenters. The number of hydrogen-bond acceptors (Lipinski definition) is 5. The van der Waals surface area contributed by atoms with Gasteiger partial charge in [0.1, 0.15) is 11.6 Å². The number of rotatable bonds is 5. The van der Waals surface area contributed by atoms with E-state index in [0.717, 1.165) is 47.2 Å². The van der Waals surface area contributed by atoms with Crippen LogP contribution in [0.4, 0.5) is 0 Å². The van der Waals surface area contributed by atoms with Crippen LogP contribution in [0.1, 0.15) is 55.5 Å². The lowest BCUT2D eigenvalue weighted by molar-refractivity contribution is 0.0896. The van der Waals surface area contributed by atoms with Gasteiger partial charge >= 0.3 is 0 Å². The van der Waals surface area contributed by atoms with E-state index in [1.54, 1.807) is 16.3 Å². The van der Waals surface area contributed by atoms with Crippen LogP contribution < -0.4 is 0 Å². The van der Waals surface area contributed by atoms with Crippen LogP contribution in [0.25, 0.3) is 11.0 Å². The average Bonchev–Trinajstić information content (AvgIpc) is 3.12. The summed E-state index contributed by atoms with van der Waals surface area (Å²) in [5.41, 5.74) is 1.74. The monoisotopic (exact) mass is 369 g/mol. The van der Waals surface area contributed by atoms with Crippen molar-refractivity contribution >= 4 is 28.7 Å². The van der Waals surface area contributed by atoms with E-state index in [4.69, 9.17) is 4.98 Å². The number of nitrogens with zero attached hydrogens (tertiary/aromatic N) is 5. The van der Waals surface area contributed by atoms with E-state index in [-0.39, 0.29) is 5.91 Å². The molecule has 6 nitrogen and oxygen atoms in total. The first-order valence-electron chi connectivity index (χ1n) is 9.32. The standard InChI is InChI=1S/C19H23N5OS/c1-2-8-18(25)24-15-10-6-5-9-14(15)20-19(24)26-13-17-22-21-16-11-4-3-7-12-23(16)17/h5-6,9-10H,2-4,7-8,11-13H2,1H3. The second-order valence-electron chi connectivity index (χ2n) is 6.65. The number of carbonyl (C=O) groups excluding carboxylic acids is 1. The first-order chi connectivity index (χ1) is 12.8. The Labute approximate surface area is 157 Å². The first-order valence-corrected chi connectivity index (χ1v) is 10.3. The lowest BCUT2D eigenvalue weighted by atomic mass is 10.2.